The van der Waals surface area contributed by atoms with Gasteiger partial charge in [0.05, 0.1) is 40.7 Å². The minimum Gasteiger partial charge on any atom is -0.340 e. The number of amides is 1. The van der Waals surface area contributed by atoms with Crippen LogP contribution in [-0.4, -0.2) is 46.6 Å². The molecule has 1 aromatic heterocycles. The molecule has 3 aromatic rings. The second-order valence-electron chi connectivity index (χ2n) is 9.12. The first-order valence-electron chi connectivity index (χ1n) is 11.9. The Hall–Kier alpha value is -2.81. The van der Waals surface area contributed by atoms with Crippen molar-refractivity contribution in [1.29, 1.82) is 5.26 Å². The van der Waals surface area contributed by atoms with Gasteiger partial charge in [-0.1, -0.05) is 35.3 Å². The standard InChI is InChI=1S/C26H23Cl2N5O3S2/c27-20-8-21(28)10-22(9-20)38(35,36)33-7-1-2-19(14-33)25(34)31-26-23(15-37-26)24-12-30-16-32(24)13-18-5-3-17(11-29)4-6-18/h3-6,8-10,12,15-16,19,26H,1-2,7,13-14H2,(H,31,34)/t19-,26?/m0/s1. The van der Waals surface area contributed by atoms with Crippen molar-refractivity contribution in [2.45, 2.75) is 29.7 Å². The first-order valence-corrected chi connectivity index (χ1v) is 15.0. The lowest BCUT2D eigenvalue weighted by Gasteiger charge is -2.34. The molecule has 0 saturated carbocycles. The zero-order chi connectivity index (χ0) is 26.9. The molecule has 1 amide bonds. The molecular weight excluding hydrogens is 565 g/mol. The van der Waals surface area contributed by atoms with Gasteiger partial charge >= 0.3 is 0 Å². The Morgan fingerprint density at radius 3 is 2.58 bits per heavy atom. The van der Waals surface area contributed by atoms with E-state index in [9.17, 15) is 13.2 Å². The fraction of sp³-hybridized carbons (Fsp3) is 0.269. The van der Waals surface area contributed by atoms with Crippen LogP contribution in [0.25, 0.3) is 5.57 Å². The number of hydrogen-bond donors (Lipinski definition) is 1. The van der Waals surface area contributed by atoms with Gasteiger partial charge in [0.2, 0.25) is 15.9 Å². The second kappa shape index (κ2) is 11.1. The maximum absolute atomic E-state index is 13.2. The number of thioether (sulfide) groups is 1. The van der Waals surface area contributed by atoms with Crippen molar-refractivity contribution in [3.63, 3.8) is 0 Å². The number of benzene rings is 2. The summed E-state index contributed by atoms with van der Waals surface area (Å²) in [6.45, 7) is 0.992. The molecule has 2 aromatic carbocycles. The van der Waals surface area contributed by atoms with Crippen LogP contribution in [0.1, 0.15) is 29.7 Å². The van der Waals surface area contributed by atoms with E-state index in [2.05, 4.69) is 16.4 Å². The molecule has 0 bridgehead atoms. The Kier molecular flexibility index (Phi) is 7.84. The third-order valence-corrected chi connectivity index (χ3v) is 9.87. The number of nitrogens with zero attached hydrogens (tertiary/aromatic N) is 4. The van der Waals surface area contributed by atoms with Crippen LogP contribution in [0, 0.1) is 17.2 Å². The number of piperidine rings is 1. The van der Waals surface area contributed by atoms with E-state index in [1.807, 2.05) is 22.1 Å². The van der Waals surface area contributed by atoms with Crippen molar-refractivity contribution in [2.75, 3.05) is 13.1 Å². The van der Waals surface area contributed by atoms with Gasteiger partial charge in [-0.2, -0.15) is 9.57 Å². The van der Waals surface area contributed by atoms with Crippen molar-refractivity contribution >= 4 is 56.5 Å². The number of halogens is 2. The van der Waals surface area contributed by atoms with E-state index in [0.717, 1.165) is 16.8 Å². The van der Waals surface area contributed by atoms with Gasteiger partial charge in [0.25, 0.3) is 0 Å². The molecule has 1 fully saturated rings. The molecule has 0 aliphatic carbocycles. The lowest BCUT2D eigenvalue weighted by Crippen LogP contribution is -2.47. The summed E-state index contributed by atoms with van der Waals surface area (Å²) in [4.78, 5) is 17.5. The van der Waals surface area contributed by atoms with Gasteiger partial charge in [-0.3, -0.25) is 4.79 Å². The van der Waals surface area contributed by atoms with E-state index in [0.29, 0.717) is 31.5 Å². The Bertz CT molecular complexity index is 1530. The van der Waals surface area contributed by atoms with Crippen LogP contribution in [0.5, 0.6) is 0 Å². The maximum Gasteiger partial charge on any atom is 0.243 e. The van der Waals surface area contributed by atoms with Crippen molar-refractivity contribution < 1.29 is 13.2 Å². The molecular formula is C26H23Cl2N5O3S2. The highest BCUT2D eigenvalue weighted by Gasteiger charge is 2.36. The normalized spacial score (nSPS) is 19.8. The second-order valence-corrected chi connectivity index (χ2v) is 12.9. The Morgan fingerprint density at radius 1 is 1.18 bits per heavy atom. The molecule has 2 aliphatic heterocycles. The predicted octanol–water partition coefficient (Wildman–Crippen LogP) is 4.74. The molecule has 2 aliphatic rings. The zero-order valence-electron chi connectivity index (χ0n) is 20.0. The molecule has 2 atom stereocenters. The summed E-state index contributed by atoms with van der Waals surface area (Å²) in [6.07, 6.45) is 4.67. The predicted molar refractivity (Wildman–Crippen MR) is 148 cm³/mol. The van der Waals surface area contributed by atoms with Gasteiger partial charge in [0.15, 0.2) is 0 Å². The van der Waals surface area contributed by atoms with Gasteiger partial charge in [0.1, 0.15) is 5.37 Å². The van der Waals surface area contributed by atoms with Gasteiger partial charge in [-0.25, -0.2) is 13.4 Å². The first kappa shape index (κ1) is 26.8. The van der Waals surface area contributed by atoms with Crippen LogP contribution in [-0.2, 0) is 21.4 Å². The Balaban J connectivity index is 1.24. The average Bonchev–Trinajstić information content (AvgIpc) is 3.33. The number of nitriles is 1. The summed E-state index contributed by atoms with van der Waals surface area (Å²) in [7, 11) is -3.84. The van der Waals surface area contributed by atoms with Crippen LogP contribution >= 0.6 is 35.0 Å². The van der Waals surface area contributed by atoms with Crippen LogP contribution in [0.4, 0.5) is 0 Å². The van der Waals surface area contributed by atoms with E-state index in [4.69, 9.17) is 28.5 Å². The summed E-state index contributed by atoms with van der Waals surface area (Å²) in [5.41, 5.74) is 3.47. The summed E-state index contributed by atoms with van der Waals surface area (Å²) >= 11 is 13.5. The minimum atomic E-state index is -3.84. The Labute approximate surface area is 235 Å². The number of carbonyl (C=O) groups is 1. The van der Waals surface area contributed by atoms with Gasteiger partial charge < -0.3 is 9.88 Å². The van der Waals surface area contributed by atoms with E-state index < -0.39 is 15.9 Å². The zero-order valence-corrected chi connectivity index (χ0v) is 23.2. The third kappa shape index (κ3) is 5.63. The molecule has 3 heterocycles. The van der Waals surface area contributed by atoms with E-state index in [-0.39, 0.29) is 32.8 Å². The van der Waals surface area contributed by atoms with Crippen LogP contribution in [0.15, 0.2) is 65.3 Å². The molecule has 38 heavy (non-hydrogen) atoms. The van der Waals surface area contributed by atoms with Crippen molar-refractivity contribution in [1.82, 2.24) is 19.2 Å². The fourth-order valence-corrected chi connectivity index (χ4v) is 7.61. The fourth-order valence-electron chi connectivity index (χ4n) is 4.53. The largest absolute Gasteiger partial charge is 0.340 e. The quantitative estimate of drug-likeness (QED) is 0.427. The summed E-state index contributed by atoms with van der Waals surface area (Å²) in [5.74, 6) is -0.658. The smallest absolute Gasteiger partial charge is 0.243 e. The summed E-state index contributed by atoms with van der Waals surface area (Å²) < 4.78 is 29.8. The summed E-state index contributed by atoms with van der Waals surface area (Å²) in [6, 6.07) is 13.7. The number of rotatable bonds is 7. The van der Waals surface area contributed by atoms with E-state index >= 15 is 0 Å². The molecule has 196 valence electrons. The van der Waals surface area contributed by atoms with Gasteiger partial charge in [-0.05, 0) is 54.1 Å². The number of nitrogens with one attached hydrogen (secondary N) is 1. The molecule has 1 saturated heterocycles. The molecule has 5 rings (SSSR count). The number of sulfonamides is 1. The van der Waals surface area contributed by atoms with Crippen molar-refractivity contribution in [3.05, 3.63) is 87.3 Å². The highest BCUT2D eigenvalue weighted by molar-refractivity contribution is 8.05. The van der Waals surface area contributed by atoms with Crippen LogP contribution in [0.3, 0.4) is 0 Å². The number of aromatic nitrogens is 2. The molecule has 8 nitrogen and oxygen atoms in total. The van der Waals surface area contributed by atoms with Crippen LogP contribution in [0.2, 0.25) is 10.0 Å². The summed E-state index contributed by atoms with van der Waals surface area (Å²) in [5, 5.41) is 14.3. The lowest BCUT2D eigenvalue weighted by atomic mass is 9.98. The van der Waals surface area contributed by atoms with Crippen molar-refractivity contribution in [3.8, 4) is 6.07 Å². The topological polar surface area (TPSA) is 108 Å². The van der Waals surface area contributed by atoms with Crippen LogP contribution < -0.4 is 5.32 Å². The number of hydrogen-bond acceptors (Lipinski definition) is 6. The molecule has 1 N–H and O–H groups in total. The monoisotopic (exact) mass is 587 g/mol. The highest BCUT2D eigenvalue weighted by atomic mass is 35.5. The SMILES string of the molecule is N#Cc1ccc(Cn2cncc2C2=CSC2NC(=O)[C@H]2CCCN(S(=O)(=O)c3cc(Cl)cc(Cl)c3)C2)cc1. The Morgan fingerprint density at radius 2 is 1.92 bits per heavy atom. The van der Waals surface area contributed by atoms with E-state index in [1.165, 1.54) is 34.3 Å². The first-order chi connectivity index (χ1) is 18.2. The minimum absolute atomic E-state index is 0.0198. The van der Waals surface area contributed by atoms with Gasteiger partial charge in [0, 0.05) is 35.3 Å². The van der Waals surface area contributed by atoms with E-state index in [1.54, 1.807) is 24.7 Å². The number of imidazole rings is 1. The molecule has 0 radical (unpaired) electrons. The highest BCUT2D eigenvalue weighted by Crippen LogP contribution is 2.39. The molecule has 0 spiro atoms. The molecule has 1 unspecified atom stereocenters. The van der Waals surface area contributed by atoms with Gasteiger partial charge in [-0.15, -0.1) is 11.8 Å². The molecule has 12 heteroatoms. The lowest BCUT2D eigenvalue weighted by molar-refractivity contribution is -0.126. The van der Waals surface area contributed by atoms with Crippen molar-refractivity contribution in [2.24, 2.45) is 5.92 Å². The third-order valence-electron chi connectivity index (χ3n) is 6.56. The number of carbonyl (C=O) groups excluding carboxylic acids is 1. The average molecular weight is 589 g/mol. The maximum atomic E-state index is 13.2.